The Labute approximate surface area is 118 Å². The molecule has 0 fully saturated rings. The van der Waals surface area contributed by atoms with Crippen LogP contribution in [0.3, 0.4) is 0 Å². The van der Waals surface area contributed by atoms with E-state index in [-0.39, 0.29) is 17.8 Å². The Hall–Kier alpha value is -2.90. The molecule has 1 aromatic carbocycles. The Bertz CT molecular complexity index is 711. The Morgan fingerprint density at radius 3 is 2.76 bits per heavy atom. The molecule has 0 atom stereocenters. The zero-order valence-electron chi connectivity index (χ0n) is 11.1. The number of carbonyl (C=O) groups excluding carboxylic acids is 1. The Morgan fingerprint density at radius 2 is 2.19 bits per heavy atom. The first-order valence-electron chi connectivity index (χ1n) is 5.95. The van der Waals surface area contributed by atoms with Crippen molar-refractivity contribution in [1.82, 2.24) is 5.32 Å². The molecule has 0 unspecified atom stereocenters. The third-order valence-electron chi connectivity index (χ3n) is 2.78. The number of nitrogens with two attached hydrogens (primary N) is 1. The van der Waals surface area contributed by atoms with Gasteiger partial charge in [-0.3, -0.25) is 14.9 Å². The number of benzene rings is 1. The van der Waals surface area contributed by atoms with Crippen molar-refractivity contribution in [2.45, 2.75) is 13.5 Å². The Balaban J connectivity index is 2.22. The molecule has 0 saturated carbocycles. The SMILES string of the molecule is Cc1ccc(CNC(=O)c2cc(N)c(F)cc2[N+](=O)[O-])o1. The molecule has 0 spiro atoms. The van der Waals surface area contributed by atoms with Crippen molar-refractivity contribution in [2.75, 3.05) is 5.73 Å². The van der Waals surface area contributed by atoms with Crippen molar-refractivity contribution < 1.29 is 18.5 Å². The van der Waals surface area contributed by atoms with E-state index in [0.29, 0.717) is 17.6 Å². The van der Waals surface area contributed by atoms with Gasteiger partial charge in [0.25, 0.3) is 11.6 Å². The van der Waals surface area contributed by atoms with E-state index in [9.17, 15) is 19.3 Å². The largest absolute Gasteiger partial charge is 0.465 e. The van der Waals surface area contributed by atoms with Crippen LogP contribution in [0.5, 0.6) is 0 Å². The maximum atomic E-state index is 13.3. The third-order valence-corrected chi connectivity index (χ3v) is 2.78. The summed E-state index contributed by atoms with van der Waals surface area (Å²) in [7, 11) is 0. The molecule has 21 heavy (non-hydrogen) atoms. The van der Waals surface area contributed by atoms with Crippen LogP contribution in [0.25, 0.3) is 0 Å². The van der Waals surface area contributed by atoms with Gasteiger partial charge in [-0.25, -0.2) is 4.39 Å². The molecular formula is C13H12FN3O4. The first-order valence-corrected chi connectivity index (χ1v) is 5.95. The smallest absolute Gasteiger partial charge is 0.285 e. The van der Waals surface area contributed by atoms with Crippen molar-refractivity contribution in [3.63, 3.8) is 0 Å². The number of halogens is 1. The van der Waals surface area contributed by atoms with Crippen LogP contribution in [0.4, 0.5) is 15.8 Å². The van der Waals surface area contributed by atoms with Crippen LogP contribution >= 0.6 is 0 Å². The van der Waals surface area contributed by atoms with Crippen LogP contribution in [-0.4, -0.2) is 10.8 Å². The zero-order chi connectivity index (χ0) is 15.6. The van der Waals surface area contributed by atoms with Gasteiger partial charge in [-0.1, -0.05) is 0 Å². The average molecular weight is 293 g/mol. The highest BCUT2D eigenvalue weighted by Crippen LogP contribution is 2.24. The van der Waals surface area contributed by atoms with Crippen LogP contribution < -0.4 is 11.1 Å². The number of hydrogen-bond acceptors (Lipinski definition) is 5. The van der Waals surface area contributed by atoms with E-state index in [1.165, 1.54) is 0 Å². The Morgan fingerprint density at radius 1 is 1.48 bits per heavy atom. The maximum absolute atomic E-state index is 13.3. The molecule has 2 aromatic rings. The van der Waals surface area contributed by atoms with Gasteiger partial charge >= 0.3 is 0 Å². The fourth-order valence-corrected chi connectivity index (χ4v) is 1.76. The number of nitrogens with zero attached hydrogens (tertiary/aromatic N) is 1. The Kier molecular flexibility index (Phi) is 3.88. The number of nitrogens with one attached hydrogen (secondary N) is 1. The predicted octanol–water partition coefficient (Wildman–Crippen LogP) is 2.15. The van der Waals surface area contributed by atoms with Crippen molar-refractivity contribution in [1.29, 1.82) is 0 Å². The van der Waals surface area contributed by atoms with Gasteiger partial charge in [0.2, 0.25) is 0 Å². The number of nitrogen functional groups attached to an aromatic ring is 1. The molecule has 1 aromatic heterocycles. The molecule has 7 nitrogen and oxygen atoms in total. The lowest BCUT2D eigenvalue weighted by Crippen LogP contribution is -2.23. The van der Waals surface area contributed by atoms with Gasteiger partial charge in [0.05, 0.1) is 23.2 Å². The second kappa shape index (κ2) is 5.61. The summed E-state index contributed by atoms with van der Waals surface area (Å²) >= 11 is 0. The van der Waals surface area contributed by atoms with Crippen molar-refractivity contribution in [3.8, 4) is 0 Å². The average Bonchev–Trinajstić information content (AvgIpc) is 2.84. The van der Waals surface area contributed by atoms with E-state index in [2.05, 4.69) is 5.32 Å². The topological polar surface area (TPSA) is 111 Å². The highest BCUT2D eigenvalue weighted by atomic mass is 19.1. The molecule has 1 amide bonds. The first-order chi connectivity index (χ1) is 9.88. The quantitative estimate of drug-likeness (QED) is 0.509. The fourth-order valence-electron chi connectivity index (χ4n) is 1.76. The van der Waals surface area contributed by atoms with Gasteiger partial charge in [0, 0.05) is 0 Å². The van der Waals surface area contributed by atoms with Crippen molar-refractivity contribution in [3.05, 3.63) is 57.3 Å². The van der Waals surface area contributed by atoms with Crippen molar-refractivity contribution >= 4 is 17.3 Å². The summed E-state index contributed by atoms with van der Waals surface area (Å²) < 4.78 is 18.5. The molecule has 3 N–H and O–H groups in total. The summed E-state index contributed by atoms with van der Waals surface area (Å²) in [4.78, 5) is 22.0. The van der Waals surface area contributed by atoms with E-state index >= 15 is 0 Å². The minimum Gasteiger partial charge on any atom is -0.465 e. The lowest BCUT2D eigenvalue weighted by atomic mass is 10.1. The number of aryl methyl sites for hydroxylation is 1. The lowest BCUT2D eigenvalue weighted by molar-refractivity contribution is -0.385. The highest BCUT2D eigenvalue weighted by Gasteiger charge is 2.23. The summed E-state index contributed by atoms with van der Waals surface area (Å²) in [5, 5.41) is 13.3. The second-order valence-corrected chi connectivity index (χ2v) is 4.34. The minimum atomic E-state index is -0.945. The molecule has 0 aliphatic carbocycles. The van der Waals surface area contributed by atoms with Gasteiger partial charge in [-0.2, -0.15) is 0 Å². The number of furan rings is 1. The monoisotopic (exact) mass is 293 g/mol. The van der Waals surface area contributed by atoms with E-state index in [4.69, 9.17) is 10.2 Å². The molecule has 0 aliphatic heterocycles. The van der Waals surface area contributed by atoms with E-state index in [0.717, 1.165) is 6.07 Å². The third kappa shape index (κ3) is 3.16. The van der Waals surface area contributed by atoms with E-state index in [1.54, 1.807) is 19.1 Å². The molecular weight excluding hydrogens is 281 g/mol. The molecule has 0 radical (unpaired) electrons. The van der Waals surface area contributed by atoms with E-state index < -0.39 is 22.3 Å². The zero-order valence-corrected chi connectivity index (χ0v) is 11.1. The van der Waals surface area contributed by atoms with Gasteiger partial charge in [-0.15, -0.1) is 0 Å². The number of nitro benzene ring substituents is 1. The lowest BCUT2D eigenvalue weighted by Gasteiger charge is -2.06. The van der Waals surface area contributed by atoms with Crippen LogP contribution in [0, 0.1) is 22.9 Å². The molecule has 1 heterocycles. The number of hydrogen-bond donors (Lipinski definition) is 2. The summed E-state index contributed by atoms with van der Waals surface area (Å²) in [5.74, 6) is -0.503. The first kappa shape index (κ1) is 14.5. The van der Waals surface area contributed by atoms with Gasteiger partial charge in [0.15, 0.2) is 5.82 Å². The fraction of sp³-hybridized carbons (Fsp3) is 0.154. The van der Waals surface area contributed by atoms with Crippen LogP contribution in [0.1, 0.15) is 21.9 Å². The van der Waals surface area contributed by atoms with Crippen molar-refractivity contribution in [2.24, 2.45) is 0 Å². The molecule has 0 bridgehead atoms. The summed E-state index contributed by atoms with van der Waals surface area (Å²) in [6, 6.07) is 4.96. The molecule has 0 saturated heterocycles. The van der Waals surface area contributed by atoms with Crippen LogP contribution in [0.15, 0.2) is 28.7 Å². The number of nitro groups is 1. The molecule has 8 heteroatoms. The minimum absolute atomic E-state index is 0.0567. The molecule has 0 aliphatic rings. The summed E-state index contributed by atoms with van der Waals surface area (Å²) in [5.41, 5.74) is 4.06. The number of carbonyl (C=O) groups is 1. The van der Waals surface area contributed by atoms with Gasteiger partial charge < -0.3 is 15.5 Å². The normalized spacial score (nSPS) is 10.4. The number of rotatable bonds is 4. The second-order valence-electron chi connectivity index (χ2n) is 4.34. The summed E-state index contributed by atoms with van der Waals surface area (Å²) in [6.45, 7) is 1.80. The van der Waals surface area contributed by atoms with E-state index in [1.807, 2.05) is 0 Å². The van der Waals surface area contributed by atoms with Gasteiger partial charge in [-0.05, 0) is 25.1 Å². The number of anilines is 1. The van der Waals surface area contributed by atoms with Crippen LogP contribution in [-0.2, 0) is 6.54 Å². The molecule has 110 valence electrons. The predicted molar refractivity (Wildman–Crippen MR) is 72.1 cm³/mol. The summed E-state index contributed by atoms with van der Waals surface area (Å²) in [6.07, 6.45) is 0. The highest BCUT2D eigenvalue weighted by molar-refractivity contribution is 5.99. The van der Waals surface area contributed by atoms with Crippen LogP contribution in [0.2, 0.25) is 0 Å². The molecule has 2 rings (SSSR count). The van der Waals surface area contributed by atoms with Gasteiger partial charge in [0.1, 0.15) is 17.1 Å². The standard InChI is InChI=1S/C13H12FN3O4/c1-7-2-3-8(21-7)6-16-13(18)9-4-11(15)10(14)5-12(9)17(19)20/h2-5H,6,15H2,1H3,(H,16,18). The maximum Gasteiger partial charge on any atom is 0.285 e. The number of amides is 1.